The van der Waals surface area contributed by atoms with Gasteiger partial charge in [-0.25, -0.2) is 0 Å². The number of hydrogen-bond acceptors (Lipinski definition) is 1. The largest absolute Gasteiger partial charge is 0.375 e. The summed E-state index contributed by atoms with van der Waals surface area (Å²) in [6.07, 6.45) is 3.71. The molecule has 0 fully saturated rings. The SMILES string of the molecule is CCCCN(C)c1cccc(CC(C)C(C)C)c1. The predicted molar refractivity (Wildman–Crippen MR) is 82.3 cm³/mol. The normalized spacial score (nSPS) is 12.8. The van der Waals surface area contributed by atoms with Gasteiger partial charge in [0, 0.05) is 19.3 Å². The quantitative estimate of drug-likeness (QED) is 0.671. The summed E-state index contributed by atoms with van der Waals surface area (Å²) in [5, 5.41) is 0. The van der Waals surface area contributed by atoms with Crippen molar-refractivity contribution in [2.45, 2.75) is 47.0 Å². The lowest BCUT2D eigenvalue weighted by Gasteiger charge is -2.21. The van der Waals surface area contributed by atoms with Crippen molar-refractivity contribution in [3.05, 3.63) is 29.8 Å². The summed E-state index contributed by atoms with van der Waals surface area (Å²) in [5.41, 5.74) is 2.83. The second-order valence-electron chi connectivity index (χ2n) is 5.87. The number of hydrogen-bond donors (Lipinski definition) is 0. The van der Waals surface area contributed by atoms with Gasteiger partial charge in [0.15, 0.2) is 0 Å². The summed E-state index contributed by atoms with van der Waals surface area (Å²) in [5.74, 6) is 1.51. The molecule has 0 aliphatic heterocycles. The van der Waals surface area contributed by atoms with E-state index < -0.39 is 0 Å². The molecule has 1 aromatic rings. The standard InChI is InChI=1S/C17H29N/c1-6-7-11-18(5)17-10-8-9-16(13-17)12-15(4)14(2)3/h8-10,13-15H,6-7,11-12H2,1-5H3. The first-order valence-corrected chi connectivity index (χ1v) is 7.34. The number of rotatable bonds is 7. The Morgan fingerprint density at radius 1 is 1.17 bits per heavy atom. The Hall–Kier alpha value is -0.980. The molecule has 18 heavy (non-hydrogen) atoms. The summed E-state index contributed by atoms with van der Waals surface area (Å²) in [7, 11) is 2.20. The Morgan fingerprint density at radius 2 is 1.89 bits per heavy atom. The Bertz CT molecular complexity index is 343. The maximum atomic E-state index is 2.37. The molecule has 0 aliphatic carbocycles. The first-order chi connectivity index (χ1) is 8.54. The van der Waals surface area contributed by atoms with Crippen LogP contribution in [0.25, 0.3) is 0 Å². The average Bonchev–Trinajstić information content (AvgIpc) is 2.36. The zero-order valence-corrected chi connectivity index (χ0v) is 12.7. The highest BCUT2D eigenvalue weighted by Gasteiger charge is 2.09. The Kier molecular flexibility index (Phi) is 6.24. The van der Waals surface area contributed by atoms with E-state index in [0.29, 0.717) is 0 Å². The molecule has 1 rings (SSSR count). The van der Waals surface area contributed by atoms with Gasteiger partial charge in [-0.2, -0.15) is 0 Å². The van der Waals surface area contributed by atoms with Crippen LogP contribution in [0, 0.1) is 11.8 Å². The molecule has 0 aliphatic rings. The molecule has 0 saturated heterocycles. The van der Waals surface area contributed by atoms with Crippen LogP contribution in [0.4, 0.5) is 5.69 Å². The molecule has 1 heteroatoms. The molecule has 0 heterocycles. The van der Waals surface area contributed by atoms with Crippen molar-refractivity contribution in [3.63, 3.8) is 0 Å². The maximum Gasteiger partial charge on any atom is 0.0366 e. The summed E-state index contributed by atoms with van der Waals surface area (Å²) in [6.45, 7) is 10.4. The van der Waals surface area contributed by atoms with E-state index in [0.717, 1.165) is 18.4 Å². The van der Waals surface area contributed by atoms with Gasteiger partial charge in [0.05, 0.1) is 0 Å². The molecular weight excluding hydrogens is 218 g/mol. The van der Waals surface area contributed by atoms with Gasteiger partial charge < -0.3 is 4.90 Å². The van der Waals surface area contributed by atoms with E-state index in [4.69, 9.17) is 0 Å². The first-order valence-electron chi connectivity index (χ1n) is 7.34. The van der Waals surface area contributed by atoms with E-state index >= 15 is 0 Å². The van der Waals surface area contributed by atoms with Crippen LogP contribution in [0.5, 0.6) is 0 Å². The number of benzene rings is 1. The summed E-state index contributed by atoms with van der Waals surface area (Å²) in [4.78, 5) is 2.37. The molecule has 0 radical (unpaired) electrons. The van der Waals surface area contributed by atoms with Crippen LogP contribution in [0.3, 0.4) is 0 Å². The molecule has 1 unspecified atom stereocenters. The molecule has 0 spiro atoms. The predicted octanol–water partition coefficient (Wildman–Crippen LogP) is 4.76. The second kappa shape index (κ2) is 7.45. The highest BCUT2D eigenvalue weighted by Crippen LogP contribution is 2.20. The van der Waals surface area contributed by atoms with Crippen molar-refractivity contribution in [2.75, 3.05) is 18.5 Å². The number of nitrogens with zero attached hydrogens (tertiary/aromatic N) is 1. The fourth-order valence-corrected chi connectivity index (χ4v) is 2.05. The molecular formula is C17H29N. The highest BCUT2D eigenvalue weighted by atomic mass is 15.1. The van der Waals surface area contributed by atoms with Gasteiger partial charge in [0.2, 0.25) is 0 Å². The Morgan fingerprint density at radius 3 is 2.50 bits per heavy atom. The van der Waals surface area contributed by atoms with Crippen molar-refractivity contribution in [1.82, 2.24) is 0 Å². The van der Waals surface area contributed by atoms with Gasteiger partial charge in [0.25, 0.3) is 0 Å². The van der Waals surface area contributed by atoms with Gasteiger partial charge in [-0.15, -0.1) is 0 Å². The van der Waals surface area contributed by atoms with Crippen molar-refractivity contribution < 1.29 is 0 Å². The van der Waals surface area contributed by atoms with E-state index in [-0.39, 0.29) is 0 Å². The molecule has 1 atom stereocenters. The van der Waals surface area contributed by atoms with Crippen LogP contribution >= 0.6 is 0 Å². The zero-order chi connectivity index (χ0) is 13.5. The molecule has 0 aromatic heterocycles. The minimum Gasteiger partial charge on any atom is -0.375 e. The van der Waals surface area contributed by atoms with Crippen LogP contribution in [0.2, 0.25) is 0 Å². The molecule has 102 valence electrons. The summed E-state index contributed by atoms with van der Waals surface area (Å²) in [6, 6.07) is 9.03. The Labute approximate surface area is 113 Å². The van der Waals surface area contributed by atoms with Gasteiger partial charge in [-0.3, -0.25) is 0 Å². The molecule has 1 nitrogen and oxygen atoms in total. The lowest BCUT2D eigenvalue weighted by molar-refractivity contribution is 0.417. The average molecular weight is 247 g/mol. The third-order valence-corrected chi connectivity index (χ3v) is 3.89. The van der Waals surface area contributed by atoms with Gasteiger partial charge in [0.1, 0.15) is 0 Å². The number of anilines is 1. The van der Waals surface area contributed by atoms with Crippen LogP contribution in [0.15, 0.2) is 24.3 Å². The topological polar surface area (TPSA) is 3.24 Å². The third kappa shape index (κ3) is 4.72. The van der Waals surface area contributed by atoms with Crippen molar-refractivity contribution in [1.29, 1.82) is 0 Å². The second-order valence-corrected chi connectivity index (χ2v) is 5.87. The highest BCUT2D eigenvalue weighted by molar-refractivity contribution is 5.47. The molecule has 0 amide bonds. The lowest BCUT2D eigenvalue weighted by atomic mass is 9.91. The van der Waals surface area contributed by atoms with Crippen LogP contribution < -0.4 is 4.90 Å². The number of unbranched alkanes of at least 4 members (excludes halogenated alkanes) is 1. The van der Waals surface area contributed by atoms with Crippen LogP contribution in [0.1, 0.15) is 46.1 Å². The van der Waals surface area contributed by atoms with Gasteiger partial charge in [-0.05, 0) is 42.4 Å². The summed E-state index contributed by atoms with van der Waals surface area (Å²) < 4.78 is 0. The maximum absolute atomic E-state index is 2.37. The van der Waals surface area contributed by atoms with E-state index in [1.54, 1.807) is 0 Å². The fourth-order valence-electron chi connectivity index (χ4n) is 2.05. The minimum absolute atomic E-state index is 0.751. The van der Waals surface area contributed by atoms with Crippen LogP contribution in [-0.2, 0) is 6.42 Å². The smallest absolute Gasteiger partial charge is 0.0366 e. The van der Waals surface area contributed by atoms with E-state index in [1.165, 1.54) is 30.5 Å². The van der Waals surface area contributed by atoms with Crippen molar-refractivity contribution in [3.8, 4) is 0 Å². The van der Waals surface area contributed by atoms with Crippen molar-refractivity contribution >= 4 is 5.69 Å². The summed E-state index contributed by atoms with van der Waals surface area (Å²) >= 11 is 0. The molecule has 1 aromatic carbocycles. The monoisotopic (exact) mass is 247 g/mol. The van der Waals surface area contributed by atoms with E-state index in [2.05, 4.69) is 63.9 Å². The zero-order valence-electron chi connectivity index (χ0n) is 12.7. The minimum atomic E-state index is 0.751. The lowest BCUT2D eigenvalue weighted by Crippen LogP contribution is -2.18. The first kappa shape index (κ1) is 15.1. The molecule has 0 saturated carbocycles. The molecule has 0 bridgehead atoms. The van der Waals surface area contributed by atoms with Gasteiger partial charge in [-0.1, -0.05) is 46.2 Å². The molecule has 0 N–H and O–H groups in total. The van der Waals surface area contributed by atoms with Gasteiger partial charge >= 0.3 is 0 Å². The van der Waals surface area contributed by atoms with E-state index in [1.807, 2.05) is 0 Å². The Balaban J connectivity index is 2.67. The van der Waals surface area contributed by atoms with Crippen LogP contribution in [-0.4, -0.2) is 13.6 Å². The van der Waals surface area contributed by atoms with E-state index in [9.17, 15) is 0 Å². The van der Waals surface area contributed by atoms with Crippen molar-refractivity contribution in [2.24, 2.45) is 11.8 Å². The fraction of sp³-hybridized carbons (Fsp3) is 0.647. The third-order valence-electron chi connectivity index (χ3n) is 3.89.